The average Bonchev–Trinajstić information content (AvgIpc) is 3.38. The molecular weight excluding hydrogens is 342 g/mol. The molecule has 27 heavy (non-hydrogen) atoms. The quantitative estimate of drug-likeness (QED) is 0.704. The van der Waals surface area contributed by atoms with E-state index in [1.807, 2.05) is 59.7 Å². The molecule has 0 unspecified atom stereocenters. The van der Waals surface area contributed by atoms with Crippen LogP contribution in [-0.2, 0) is 6.54 Å². The van der Waals surface area contributed by atoms with Gasteiger partial charge in [-0.15, -0.1) is 0 Å². The van der Waals surface area contributed by atoms with Crippen LogP contribution in [0.4, 0.5) is 5.69 Å². The Morgan fingerprint density at radius 2 is 2.00 bits per heavy atom. The topological polar surface area (TPSA) is 77.0 Å². The predicted octanol–water partition coefficient (Wildman–Crippen LogP) is 2.67. The number of methoxy groups -OCH3 is 1. The first-order valence-corrected chi connectivity index (χ1v) is 8.70. The second kappa shape index (κ2) is 7.51. The molecule has 1 aromatic heterocycles. The predicted molar refractivity (Wildman–Crippen MR) is 104 cm³/mol. The maximum atomic E-state index is 9.71. The summed E-state index contributed by atoms with van der Waals surface area (Å²) in [7, 11) is 1.66. The zero-order chi connectivity index (χ0) is 18.6. The van der Waals surface area contributed by atoms with Gasteiger partial charge in [-0.1, -0.05) is 24.3 Å². The molecule has 0 amide bonds. The van der Waals surface area contributed by atoms with Crippen molar-refractivity contribution in [2.45, 2.75) is 6.54 Å². The third-order valence-corrected chi connectivity index (χ3v) is 4.55. The van der Waals surface area contributed by atoms with Gasteiger partial charge in [-0.05, 0) is 35.4 Å². The summed E-state index contributed by atoms with van der Waals surface area (Å²) in [5.41, 5.74) is 4.21. The summed E-state index contributed by atoms with van der Waals surface area (Å²) in [5.74, 6) is 1.47. The van der Waals surface area contributed by atoms with Crippen LogP contribution in [0.1, 0.15) is 5.56 Å². The number of aromatic amines is 1. The number of hydrazone groups is 1. The molecule has 2 aromatic carbocycles. The van der Waals surface area contributed by atoms with E-state index in [0.717, 1.165) is 28.1 Å². The molecule has 0 saturated carbocycles. The normalized spacial score (nSPS) is 13.8. The molecule has 0 aliphatic carbocycles. The smallest absolute Gasteiger partial charge is 0.153 e. The van der Waals surface area contributed by atoms with Crippen molar-refractivity contribution in [2.24, 2.45) is 5.10 Å². The lowest BCUT2D eigenvalue weighted by atomic mass is 10.1. The molecular formula is C20H21N5O2. The minimum absolute atomic E-state index is 0.104. The highest BCUT2D eigenvalue weighted by Crippen LogP contribution is 2.25. The van der Waals surface area contributed by atoms with Crippen LogP contribution in [0.5, 0.6) is 5.75 Å². The maximum Gasteiger partial charge on any atom is 0.153 e. The van der Waals surface area contributed by atoms with Crippen LogP contribution < -0.4 is 9.75 Å². The molecule has 2 N–H and O–H groups in total. The Kier molecular flexibility index (Phi) is 4.76. The lowest BCUT2D eigenvalue weighted by Gasteiger charge is -2.21. The fourth-order valence-electron chi connectivity index (χ4n) is 3.12. The highest BCUT2D eigenvalue weighted by Gasteiger charge is 2.23. The number of H-pyrrole nitrogens is 1. The molecule has 138 valence electrons. The number of amidine groups is 1. The van der Waals surface area contributed by atoms with E-state index in [1.165, 1.54) is 0 Å². The number of ether oxygens (including phenoxy) is 1. The van der Waals surface area contributed by atoms with Gasteiger partial charge < -0.3 is 14.7 Å². The van der Waals surface area contributed by atoms with Gasteiger partial charge in [0.1, 0.15) is 19.0 Å². The lowest BCUT2D eigenvalue weighted by Crippen LogP contribution is -2.32. The second-order valence-corrected chi connectivity index (χ2v) is 6.30. The number of benzene rings is 2. The van der Waals surface area contributed by atoms with Gasteiger partial charge in [0.05, 0.1) is 19.0 Å². The fraction of sp³-hybridized carbons (Fsp3) is 0.200. The van der Waals surface area contributed by atoms with Gasteiger partial charge >= 0.3 is 0 Å². The van der Waals surface area contributed by atoms with Gasteiger partial charge in [0, 0.05) is 18.3 Å². The van der Waals surface area contributed by atoms with E-state index in [0.29, 0.717) is 19.0 Å². The minimum atomic E-state index is -0.104. The van der Waals surface area contributed by atoms with Crippen molar-refractivity contribution in [3.8, 4) is 16.9 Å². The number of nitrogens with one attached hydrogen (secondary N) is 1. The molecule has 3 aromatic rings. The van der Waals surface area contributed by atoms with E-state index in [9.17, 15) is 5.11 Å². The first-order valence-electron chi connectivity index (χ1n) is 8.70. The zero-order valence-electron chi connectivity index (χ0n) is 15.0. The molecule has 4 rings (SSSR count). The van der Waals surface area contributed by atoms with Crippen molar-refractivity contribution >= 4 is 11.5 Å². The van der Waals surface area contributed by atoms with Crippen LogP contribution in [0.15, 0.2) is 66.0 Å². The number of rotatable bonds is 6. The van der Waals surface area contributed by atoms with Crippen LogP contribution >= 0.6 is 0 Å². The summed E-state index contributed by atoms with van der Waals surface area (Å²) in [6.45, 7) is 1.13. The summed E-state index contributed by atoms with van der Waals surface area (Å²) in [6.07, 6.45) is 3.66. The molecule has 0 atom stereocenters. The Labute approximate surface area is 157 Å². The van der Waals surface area contributed by atoms with Crippen molar-refractivity contribution in [3.05, 3.63) is 66.5 Å². The molecule has 1 aliphatic rings. The standard InChI is InChI=1S/C20H21N5O2/c1-27-19-4-2-3-15(9-19)12-24-14-25(23-20(24)13-26)18-7-5-16(6-8-18)17-10-21-22-11-17/h2-11,26H,12-14H2,1H3,(H,21,22). The van der Waals surface area contributed by atoms with Gasteiger partial charge in [0.15, 0.2) is 5.84 Å². The first-order chi connectivity index (χ1) is 13.3. The molecule has 7 heteroatoms. The van der Waals surface area contributed by atoms with E-state index in [-0.39, 0.29) is 6.61 Å². The van der Waals surface area contributed by atoms with E-state index < -0.39 is 0 Å². The molecule has 2 heterocycles. The van der Waals surface area contributed by atoms with E-state index in [4.69, 9.17) is 4.74 Å². The minimum Gasteiger partial charge on any atom is -0.497 e. The van der Waals surface area contributed by atoms with Gasteiger partial charge in [-0.2, -0.15) is 10.2 Å². The van der Waals surface area contributed by atoms with Gasteiger partial charge in [-0.25, -0.2) is 5.01 Å². The van der Waals surface area contributed by atoms with Crippen molar-refractivity contribution in [1.29, 1.82) is 0 Å². The average molecular weight is 363 g/mol. The third kappa shape index (κ3) is 3.63. The number of nitrogens with zero attached hydrogens (tertiary/aromatic N) is 4. The van der Waals surface area contributed by atoms with Crippen molar-refractivity contribution in [2.75, 3.05) is 25.4 Å². The lowest BCUT2D eigenvalue weighted by molar-refractivity contribution is 0.327. The van der Waals surface area contributed by atoms with Crippen LogP contribution in [-0.4, -0.2) is 46.4 Å². The van der Waals surface area contributed by atoms with Crippen molar-refractivity contribution < 1.29 is 9.84 Å². The maximum absolute atomic E-state index is 9.71. The van der Waals surface area contributed by atoms with E-state index in [2.05, 4.69) is 20.2 Å². The SMILES string of the molecule is COc1cccc(CN2CN(c3ccc(-c4cn[nH]c4)cc3)N=C2CO)c1. The summed E-state index contributed by atoms with van der Waals surface area (Å²) in [5, 5.41) is 23.0. The van der Waals surface area contributed by atoms with Crippen LogP contribution in [0.25, 0.3) is 11.1 Å². The summed E-state index contributed by atoms with van der Waals surface area (Å²) in [4.78, 5) is 2.05. The van der Waals surface area contributed by atoms with Crippen LogP contribution in [0.3, 0.4) is 0 Å². The number of aliphatic hydroxyl groups excluding tert-OH is 1. The fourth-order valence-corrected chi connectivity index (χ4v) is 3.12. The van der Waals surface area contributed by atoms with Crippen LogP contribution in [0.2, 0.25) is 0 Å². The first kappa shape index (κ1) is 17.1. The molecule has 1 aliphatic heterocycles. The van der Waals surface area contributed by atoms with Crippen molar-refractivity contribution in [1.82, 2.24) is 15.1 Å². The second-order valence-electron chi connectivity index (χ2n) is 6.30. The molecule has 0 bridgehead atoms. The molecule has 0 spiro atoms. The Morgan fingerprint density at radius 3 is 2.70 bits per heavy atom. The molecule has 0 fully saturated rings. The Bertz CT molecular complexity index is 922. The highest BCUT2D eigenvalue weighted by atomic mass is 16.5. The van der Waals surface area contributed by atoms with Gasteiger partial charge in [0.2, 0.25) is 0 Å². The van der Waals surface area contributed by atoms with Gasteiger partial charge in [-0.3, -0.25) is 5.10 Å². The Balaban J connectivity index is 1.49. The summed E-state index contributed by atoms with van der Waals surface area (Å²) >= 11 is 0. The number of aliphatic hydroxyl groups is 1. The number of aromatic nitrogens is 2. The third-order valence-electron chi connectivity index (χ3n) is 4.55. The Morgan fingerprint density at radius 1 is 1.15 bits per heavy atom. The number of anilines is 1. The zero-order valence-corrected chi connectivity index (χ0v) is 15.0. The van der Waals surface area contributed by atoms with E-state index >= 15 is 0 Å². The molecule has 0 saturated heterocycles. The largest absolute Gasteiger partial charge is 0.497 e. The summed E-state index contributed by atoms with van der Waals surface area (Å²) < 4.78 is 5.29. The monoisotopic (exact) mass is 363 g/mol. The van der Waals surface area contributed by atoms with Crippen LogP contribution in [0, 0.1) is 0 Å². The number of hydrogen-bond acceptors (Lipinski definition) is 6. The number of hydrogen-bond donors (Lipinski definition) is 2. The Hall–Kier alpha value is -3.32. The van der Waals surface area contributed by atoms with Gasteiger partial charge in [0.25, 0.3) is 0 Å². The van der Waals surface area contributed by atoms with E-state index in [1.54, 1.807) is 13.3 Å². The van der Waals surface area contributed by atoms with Crippen molar-refractivity contribution in [3.63, 3.8) is 0 Å². The highest BCUT2D eigenvalue weighted by molar-refractivity contribution is 5.86. The summed E-state index contributed by atoms with van der Waals surface area (Å²) in [6, 6.07) is 16.1. The molecule has 0 radical (unpaired) electrons. The molecule has 7 nitrogen and oxygen atoms in total.